The molecule has 0 radical (unpaired) electrons. The van der Waals surface area contributed by atoms with Crippen LogP contribution in [-0.2, 0) is 4.79 Å². The summed E-state index contributed by atoms with van der Waals surface area (Å²) in [4.78, 5) is 18.7. The quantitative estimate of drug-likeness (QED) is 0.881. The minimum atomic E-state index is -0.0186. The number of hydrogen-bond donors (Lipinski definition) is 1. The Morgan fingerprint density at radius 3 is 3.06 bits per heavy atom. The molecular formula is C14H21N3O. The summed E-state index contributed by atoms with van der Waals surface area (Å²) in [5.74, 6) is 0.209. The molecule has 18 heavy (non-hydrogen) atoms. The third-order valence-electron chi connectivity index (χ3n) is 3.51. The molecule has 4 heteroatoms. The minimum absolute atomic E-state index is 0.0186. The van der Waals surface area contributed by atoms with Crippen LogP contribution in [0, 0.1) is 0 Å². The number of nitrogens with one attached hydrogen (secondary N) is 1. The first-order chi connectivity index (χ1) is 8.74. The molecule has 0 aliphatic carbocycles. The van der Waals surface area contributed by atoms with E-state index in [1.165, 1.54) is 0 Å². The Hall–Kier alpha value is -1.42. The Bertz CT molecular complexity index is 391. The Balaban J connectivity index is 2.10. The van der Waals surface area contributed by atoms with Crippen LogP contribution in [-0.4, -0.2) is 34.9 Å². The molecule has 2 rings (SSSR count). The van der Waals surface area contributed by atoms with E-state index in [0.717, 1.165) is 31.6 Å². The lowest BCUT2D eigenvalue weighted by molar-refractivity contribution is -0.138. The Labute approximate surface area is 108 Å². The summed E-state index contributed by atoms with van der Waals surface area (Å²) in [5.41, 5.74) is 0.961. The van der Waals surface area contributed by atoms with Crippen molar-refractivity contribution in [3.63, 3.8) is 0 Å². The van der Waals surface area contributed by atoms with E-state index in [1.54, 1.807) is 6.20 Å². The van der Waals surface area contributed by atoms with Gasteiger partial charge in [-0.15, -0.1) is 0 Å². The van der Waals surface area contributed by atoms with Crippen LogP contribution in [0.3, 0.4) is 0 Å². The molecule has 2 unspecified atom stereocenters. The van der Waals surface area contributed by atoms with Crippen molar-refractivity contribution in [1.29, 1.82) is 0 Å². The summed E-state index contributed by atoms with van der Waals surface area (Å²) in [6.07, 6.45) is 3.78. The lowest BCUT2D eigenvalue weighted by Gasteiger charge is -2.36. The van der Waals surface area contributed by atoms with E-state index in [0.29, 0.717) is 0 Å². The van der Waals surface area contributed by atoms with Gasteiger partial charge >= 0.3 is 0 Å². The number of likely N-dealkylation sites (tertiary alicyclic amines) is 1. The zero-order valence-corrected chi connectivity index (χ0v) is 11.1. The molecule has 0 bridgehead atoms. The van der Waals surface area contributed by atoms with Gasteiger partial charge in [0.25, 0.3) is 0 Å². The highest BCUT2D eigenvalue weighted by Gasteiger charge is 2.31. The number of rotatable bonds is 4. The number of amides is 1. The van der Waals surface area contributed by atoms with Gasteiger partial charge in [-0.05, 0) is 38.4 Å². The lowest BCUT2D eigenvalue weighted by atomic mass is 10.0. The van der Waals surface area contributed by atoms with Crippen molar-refractivity contribution in [2.24, 2.45) is 0 Å². The number of aromatic nitrogens is 1. The van der Waals surface area contributed by atoms with Crippen LogP contribution in [0.1, 0.15) is 38.4 Å². The van der Waals surface area contributed by atoms with Crippen molar-refractivity contribution in [3.05, 3.63) is 30.1 Å². The number of likely N-dealkylation sites (N-methyl/N-ethyl adjacent to an activating group) is 1. The molecule has 1 aromatic rings. The molecule has 4 nitrogen and oxygen atoms in total. The molecule has 0 spiro atoms. The first-order valence-electron chi connectivity index (χ1n) is 6.68. The second kappa shape index (κ2) is 5.96. The average molecular weight is 247 g/mol. The van der Waals surface area contributed by atoms with Gasteiger partial charge in [-0.1, -0.05) is 13.0 Å². The fourth-order valence-corrected chi connectivity index (χ4v) is 2.50. The molecule has 1 aromatic heterocycles. The van der Waals surface area contributed by atoms with Gasteiger partial charge in [-0.2, -0.15) is 0 Å². The number of pyridine rings is 1. The van der Waals surface area contributed by atoms with Gasteiger partial charge in [0.2, 0.25) is 5.91 Å². The molecule has 1 N–H and O–H groups in total. The maximum absolute atomic E-state index is 12.4. The summed E-state index contributed by atoms with van der Waals surface area (Å²) in [5, 5.41) is 3.26. The molecule has 1 fully saturated rings. The zero-order chi connectivity index (χ0) is 13.0. The van der Waals surface area contributed by atoms with Crippen molar-refractivity contribution in [2.45, 2.75) is 38.8 Å². The van der Waals surface area contributed by atoms with E-state index < -0.39 is 0 Å². The van der Waals surface area contributed by atoms with E-state index in [9.17, 15) is 4.79 Å². The van der Waals surface area contributed by atoms with E-state index >= 15 is 0 Å². The third-order valence-corrected chi connectivity index (χ3v) is 3.51. The van der Waals surface area contributed by atoms with Gasteiger partial charge in [0.05, 0.1) is 17.8 Å². The lowest BCUT2D eigenvalue weighted by Crippen LogP contribution is -2.51. The van der Waals surface area contributed by atoms with E-state index in [1.807, 2.05) is 30.0 Å². The van der Waals surface area contributed by atoms with E-state index in [4.69, 9.17) is 0 Å². The minimum Gasteiger partial charge on any atom is -0.333 e. The fourth-order valence-electron chi connectivity index (χ4n) is 2.50. The third kappa shape index (κ3) is 2.70. The van der Waals surface area contributed by atoms with Gasteiger partial charge in [-0.25, -0.2) is 0 Å². The predicted octanol–water partition coefficient (Wildman–Crippen LogP) is 1.74. The summed E-state index contributed by atoms with van der Waals surface area (Å²) in [6, 6.07) is 5.88. The number of nitrogens with zero attached hydrogens (tertiary/aromatic N) is 2. The second-order valence-electron chi connectivity index (χ2n) is 4.71. The molecule has 1 amide bonds. The smallest absolute Gasteiger partial charge is 0.240 e. The highest BCUT2D eigenvalue weighted by Crippen LogP contribution is 2.23. The Morgan fingerprint density at radius 2 is 2.39 bits per heavy atom. The zero-order valence-electron chi connectivity index (χ0n) is 11.1. The predicted molar refractivity (Wildman–Crippen MR) is 71.1 cm³/mol. The molecular weight excluding hydrogens is 226 g/mol. The van der Waals surface area contributed by atoms with Crippen molar-refractivity contribution in [1.82, 2.24) is 15.2 Å². The van der Waals surface area contributed by atoms with Gasteiger partial charge in [-0.3, -0.25) is 9.78 Å². The first kappa shape index (κ1) is 13.0. The highest BCUT2D eigenvalue weighted by molar-refractivity contribution is 5.83. The van der Waals surface area contributed by atoms with E-state index in [-0.39, 0.29) is 18.0 Å². The average Bonchev–Trinajstić information content (AvgIpc) is 2.42. The summed E-state index contributed by atoms with van der Waals surface area (Å²) >= 11 is 0. The van der Waals surface area contributed by atoms with Crippen LogP contribution in [0.2, 0.25) is 0 Å². The standard InChI is InChI=1S/C14H21N3O/c1-3-15-13-8-6-10-17(14(13)18)11(2)12-7-4-5-9-16-12/h4-5,7,9,11,13,15H,3,6,8,10H2,1-2H3. The van der Waals surface area contributed by atoms with Gasteiger partial charge in [0, 0.05) is 12.7 Å². The largest absolute Gasteiger partial charge is 0.333 e. The fraction of sp³-hybridized carbons (Fsp3) is 0.571. The SMILES string of the molecule is CCNC1CCCN(C(C)c2ccccn2)C1=O. The number of carbonyl (C=O) groups is 1. The number of hydrogen-bond acceptors (Lipinski definition) is 3. The monoisotopic (exact) mass is 247 g/mol. The Morgan fingerprint density at radius 1 is 1.56 bits per heavy atom. The van der Waals surface area contributed by atoms with E-state index in [2.05, 4.69) is 17.2 Å². The summed E-state index contributed by atoms with van der Waals surface area (Å²) in [7, 11) is 0. The Kier molecular flexibility index (Phi) is 4.31. The molecule has 2 atom stereocenters. The van der Waals surface area contributed by atoms with Gasteiger partial charge in [0.1, 0.15) is 0 Å². The highest BCUT2D eigenvalue weighted by atomic mass is 16.2. The molecule has 98 valence electrons. The summed E-state index contributed by atoms with van der Waals surface area (Å²) < 4.78 is 0. The second-order valence-corrected chi connectivity index (χ2v) is 4.71. The topological polar surface area (TPSA) is 45.2 Å². The van der Waals surface area contributed by atoms with Crippen molar-refractivity contribution in [3.8, 4) is 0 Å². The van der Waals surface area contributed by atoms with Crippen LogP contribution in [0.25, 0.3) is 0 Å². The number of piperidine rings is 1. The molecule has 1 aliphatic heterocycles. The van der Waals surface area contributed by atoms with Crippen LogP contribution in [0.4, 0.5) is 0 Å². The molecule has 1 saturated heterocycles. The van der Waals surface area contributed by atoms with Crippen LogP contribution < -0.4 is 5.32 Å². The molecule has 0 aromatic carbocycles. The van der Waals surface area contributed by atoms with Gasteiger partial charge < -0.3 is 10.2 Å². The van der Waals surface area contributed by atoms with Crippen molar-refractivity contribution < 1.29 is 4.79 Å². The van der Waals surface area contributed by atoms with Crippen molar-refractivity contribution in [2.75, 3.05) is 13.1 Å². The molecule has 0 saturated carbocycles. The molecule has 2 heterocycles. The maximum Gasteiger partial charge on any atom is 0.240 e. The van der Waals surface area contributed by atoms with Gasteiger partial charge in [0.15, 0.2) is 0 Å². The number of carbonyl (C=O) groups excluding carboxylic acids is 1. The maximum atomic E-state index is 12.4. The summed E-state index contributed by atoms with van der Waals surface area (Å²) in [6.45, 7) is 5.75. The van der Waals surface area contributed by atoms with Crippen molar-refractivity contribution >= 4 is 5.91 Å². The van der Waals surface area contributed by atoms with Crippen LogP contribution >= 0.6 is 0 Å². The first-order valence-corrected chi connectivity index (χ1v) is 6.68. The normalized spacial score (nSPS) is 22.0. The molecule has 1 aliphatic rings. The van der Waals surface area contributed by atoms with Crippen LogP contribution in [0.15, 0.2) is 24.4 Å². The van der Waals surface area contributed by atoms with Crippen LogP contribution in [0.5, 0.6) is 0 Å².